The largest absolute Gasteiger partial charge is 0.495 e. The van der Waals surface area contributed by atoms with E-state index in [0.717, 1.165) is 17.0 Å². The van der Waals surface area contributed by atoms with Crippen LogP contribution in [0.4, 0.5) is 20.2 Å². The van der Waals surface area contributed by atoms with Crippen LogP contribution in [0.2, 0.25) is 5.02 Å². The number of hydrogen-bond donors (Lipinski definition) is 1. The first kappa shape index (κ1) is 20.1. The summed E-state index contributed by atoms with van der Waals surface area (Å²) < 4.78 is 32.4. The average molecular weight is 447 g/mol. The number of hydrogen-bond acceptors (Lipinski definition) is 5. The number of rotatable bonds is 5. The van der Waals surface area contributed by atoms with Crippen LogP contribution in [0.5, 0.6) is 5.75 Å². The molecule has 0 unspecified atom stereocenters. The van der Waals surface area contributed by atoms with E-state index in [9.17, 15) is 18.4 Å². The Labute approximate surface area is 179 Å². The molecule has 30 heavy (non-hydrogen) atoms. The van der Waals surface area contributed by atoms with Crippen LogP contribution in [0.25, 0.3) is 5.57 Å². The number of ether oxygens (including phenoxy) is 1. The van der Waals surface area contributed by atoms with Crippen molar-refractivity contribution in [2.45, 2.75) is 0 Å². The van der Waals surface area contributed by atoms with Crippen LogP contribution in [0.1, 0.15) is 4.88 Å². The lowest BCUT2D eigenvalue weighted by molar-refractivity contribution is -0.120. The van der Waals surface area contributed by atoms with Crippen LogP contribution in [0, 0.1) is 11.6 Å². The van der Waals surface area contributed by atoms with Crippen LogP contribution in [-0.4, -0.2) is 18.9 Å². The molecule has 2 amide bonds. The van der Waals surface area contributed by atoms with Gasteiger partial charge in [-0.1, -0.05) is 17.7 Å². The Morgan fingerprint density at radius 3 is 2.50 bits per heavy atom. The highest BCUT2D eigenvalue weighted by Gasteiger charge is 2.41. The molecule has 152 valence electrons. The number of nitrogens with one attached hydrogen (secondary N) is 1. The van der Waals surface area contributed by atoms with Crippen molar-refractivity contribution in [1.82, 2.24) is 0 Å². The van der Waals surface area contributed by atoms with Crippen LogP contribution in [0.15, 0.2) is 59.6 Å². The number of imide groups is 1. The molecule has 2 heterocycles. The summed E-state index contributed by atoms with van der Waals surface area (Å²) in [4.78, 5) is 27.7. The Bertz CT molecular complexity index is 1190. The lowest BCUT2D eigenvalue weighted by Gasteiger charge is -2.16. The van der Waals surface area contributed by atoms with Gasteiger partial charge in [0.2, 0.25) is 0 Å². The molecule has 9 heteroatoms. The summed E-state index contributed by atoms with van der Waals surface area (Å²) in [6.45, 7) is 0. The molecule has 0 spiro atoms. The minimum atomic E-state index is -1.16. The van der Waals surface area contributed by atoms with Gasteiger partial charge >= 0.3 is 0 Å². The van der Waals surface area contributed by atoms with Crippen molar-refractivity contribution in [1.29, 1.82) is 0 Å². The Kier molecular flexibility index (Phi) is 5.27. The number of benzene rings is 2. The second-order valence-corrected chi connectivity index (χ2v) is 7.63. The van der Waals surface area contributed by atoms with E-state index in [1.165, 1.54) is 24.5 Å². The molecule has 0 atom stereocenters. The Balaban J connectivity index is 1.83. The molecule has 0 fully saturated rings. The molecule has 1 aromatic heterocycles. The molecule has 0 saturated carbocycles. The van der Waals surface area contributed by atoms with Gasteiger partial charge < -0.3 is 10.1 Å². The van der Waals surface area contributed by atoms with Crippen molar-refractivity contribution in [2.75, 3.05) is 17.3 Å². The quantitative estimate of drug-likeness (QED) is 0.555. The van der Waals surface area contributed by atoms with Gasteiger partial charge in [0, 0.05) is 16.0 Å². The van der Waals surface area contributed by atoms with Gasteiger partial charge in [0.15, 0.2) is 11.6 Å². The number of amides is 2. The molecule has 1 aliphatic heterocycles. The summed E-state index contributed by atoms with van der Waals surface area (Å²) in [5.41, 5.74) is 0.393. The minimum Gasteiger partial charge on any atom is -0.495 e. The number of nitrogens with zero attached hydrogens (tertiary/aromatic N) is 1. The van der Waals surface area contributed by atoms with Crippen molar-refractivity contribution in [3.63, 3.8) is 0 Å². The number of thiophene rings is 1. The van der Waals surface area contributed by atoms with Gasteiger partial charge in [0.25, 0.3) is 11.8 Å². The van der Waals surface area contributed by atoms with Crippen LogP contribution < -0.4 is 15.0 Å². The maximum Gasteiger partial charge on any atom is 0.282 e. The molecule has 1 N–H and O–H groups in total. The first-order chi connectivity index (χ1) is 14.4. The van der Waals surface area contributed by atoms with Crippen molar-refractivity contribution >= 4 is 51.7 Å². The fourth-order valence-corrected chi connectivity index (χ4v) is 4.01. The van der Waals surface area contributed by atoms with E-state index in [-0.39, 0.29) is 17.0 Å². The van der Waals surface area contributed by atoms with Gasteiger partial charge in [-0.25, -0.2) is 13.7 Å². The molecular formula is C21H13ClF2N2O3S. The van der Waals surface area contributed by atoms with Crippen molar-refractivity contribution in [2.24, 2.45) is 0 Å². The Morgan fingerprint density at radius 2 is 1.83 bits per heavy atom. The highest BCUT2D eigenvalue weighted by Crippen LogP contribution is 2.38. The predicted molar refractivity (Wildman–Crippen MR) is 112 cm³/mol. The number of carbonyl (C=O) groups is 2. The van der Waals surface area contributed by atoms with E-state index in [0.29, 0.717) is 21.3 Å². The summed E-state index contributed by atoms with van der Waals surface area (Å²) in [5.74, 6) is -3.20. The summed E-state index contributed by atoms with van der Waals surface area (Å²) in [6, 6.07) is 11.1. The summed E-state index contributed by atoms with van der Waals surface area (Å²) >= 11 is 7.34. The molecule has 3 aromatic rings. The predicted octanol–water partition coefficient (Wildman–Crippen LogP) is 5.08. The monoisotopic (exact) mass is 446 g/mol. The molecule has 0 saturated heterocycles. The van der Waals surface area contributed by atoms with E-state index < -0.39 is 23.4 Å². The third-order valence-electron chi connectivity index (χ3n) is 4.43. The first-order valence-corrected chi connectivity index (χ1v) is 9.89. The van der Waals surface area contributed by atoms with E-state index in [4.69, 9.17) is 16.3 Å². The molecule has 1 aliphatic rings. The third kappa shape index (κ3) is 3.44. The smallest absolute Gasteiger partial charge is 0.282 e. The van der Waals surface area contributed by atoms with Crippen molar-refractivity contribution in [3.8, 4) is 5.75 Å². The van der Waals surface area contributed by atoms with Crippen molar-refractivity contribution < 1.29 is 23.1 Å². The Hall–Kier alpha value is -3.23. The van der Waals surface area contributed by atoms with Gasteiger partial charge in [0.1, 0.15) is 11.4 Å². The fraction of sp³-hybridized carbons (Fsp3) is 0.0476. The highest BCUT2D eigenvalue weighted by atomic mass is 35.5. The zero-order valence-electron chi connectivity index (χ0n) is 15.4. The maximum atomic E-state index is 13.8. The van der Waals surface area contributed by atoms with Gasteiger partial charge in [0.05, 0.1) is 24.1 Å². The highest BCUT2D eigenvalue weighted by molar-refractivity contribution is 7.11. The standard InChI is InChI=1S/C21H13ClF2N2O3S/c1-29-16-7-4-11(22)9-15(16)25-19-18(17-3-2-8-30-17)20(27)26(21(19)28)12-5-6-13(23)14(24)10-12/h2-10,25H,1H3. The van der Waals surface area contributed by atoms with E-state index in [1.54, 1.807) is 35.7 Å². The zero-order valence-corrected chi connectivity index (χ0v) is 17.0. The molecule has 5 nitrogen and oxygen atoms in total. The third-order valence-corrected chi connectivity index (χ3v) is 5.56. The van der Waals surface area contributed by atoms with Crippen LogP contribution in [-0.2, 0) is 9.59 Å². The van der Waals surface area contributed by atoms with E-state index in [2.05, 4.69) is 5.32 Å². The number of carbonyl (C=O) groups excluding carboxylic acids is 2. The van der Waals surface area contributed by atoms with E-state index >= 15 is 0 Å². The second-order valence-electron chi connectivity index (χ2n) is 6.24. The minimum absolute atomic E-state index is 0.0206. The SMILES string of the molecule is COc1ccc(Cl)cc1NC1=C(c2cccs2)C(=O)N(c2ccc(F)c(F)c2)C1=O. The molecular weight excluding hydrogens is 434 g/mol. The van der Waals surface area contributed by atoms with Gasteiger partial charge in [-0.05, 0) is 41.8 Å². The number of methoxy groups -OCH3 is 1. The van der Waals surface area contributed by atoms with Gasteiger partial charge in [-0.3, -0.25) is 9.59 Å². The Morgan fingerprint density at radius 1 is 1.03 bits per heavy atom. The van der Waals surface area contributed by atoms with Crippen LogP contribution in [0.3, 0.4) is 0 Å². The molecule has 2 aromatic carbocycles. The summed E-state index contributed by atoms with van der Waals surface area (Å²) in [6.07, 6.45) is 0. The molecule has 0 bridgehead atoms. The first-order valence-electron chi connectivity index (χ1n) is 8.63. The summed E-state index contributed by atoms with van der Waals surface area (Å²) in [5, 5.41) is 5.10. The lowest BCUT2D eigenvalue weighted by atomic mass is 10.1. The van der Waals surface area contributed by atoms with E-state index in [1.807, 2.05) is 0 Å². The topological polar surface area (TPSA) is 58.6 Å². The summed E-state index contributed by atoms with van der Waals surface area (Å²) in [7, 11) is 1.46. The lowest BCUT2D eigenvalue weighted by Crippen LogP contribution is -2.32. The van der Waals surface area contributed by atoms with Gasteiger partial charge in [-0.15, -0.1) is 11.3 Å². The second kappa shape index (κ2) is 7.89. The fourth-order valence-electron chi connectivity index (χ4n) is 3.07. The van der Waals surface area contributed by atoms with Crippen LogP contribution >= 0.6 is 22.9 Å². The number of halogens is 3. The normalized spacial score (nSPS) is 13.9. The molecule has 4 rings (SSSR count). The van der Waals surface area contributed by atoms with Crippen molar-refractivity contribution in [3.05, 3.63) is 81.1 Å². The maximum absolute atomic E-state index is 13.8. The number of anilines is 2. The molecule has 0 aliphatic carbocycles. The molecule has 0 radical (unpaired) electrons. The van der Waals surface area contributed by atoms with Gasteiger partial charge in [-0.2, -0.15) is 0 Å². The average Bonchev–Trinajstić information content (AvgIpc) is 3.32. The zero-order chi connectivity index (χ0) is 21.4.